The molecule has 1 aromatic carbocycles. The third kappa shape index (κ3) is 1.93. The molecule has 1 N–H and O–H groups in total. The second kappa shape index (κ2) is 4.36. The molecule has 0 radical (unpaired) electrons. The predicted molar refractivity (Wildman–Crippen MR) is 65.3 cm³/mol. The second-order valence-corrected chi connectivity index (χ2v) is 4.69. The van der Waals surface area contributed by atoms with E-state index in [4.69, 9.17) is 0 Å². The Morgan fingerprint density at radius 2 is 2.13 bits per heavy atom. The fraction of sp³-hybridized carbons (Fsp3) is 0.571. The van der Waals surface area contributed by atoms with Crippen LogP contribution in [-0.2, 0) is 6.42 Å². The van der Waals surface area contributed by atoms with Crippen LogP contribution in [0.2, 0.25) is 0 Å². The normalized spacial score (nSPS) is 24.2. The summed E-state index contributed by atoms with van der Waals surface area (Å²) in [5.74, 6) is 0.716. The smallest absolute Gasteiger partial charge is 0.0326 e. The topological polar surface area (TPSA) is 12.0 Å². The molecule has 1 aliphatic carbocycles. The van der Waals surface area contributed by atoms with Gasteiger partial charge in [0.05, 0.1) is 0 Å². The van der Waals surface area contributed by atoms with Crippen molar-refractivity contribution in [2.24, 2.45) is 0 Å². The molecule has 0 aliphatic heterocycles. The number of nitrogens with one attached hydrogen (secondary N) is 1. The van der Waals surface area contributed by atoms with Crippen molar-refractivity contribution in [2.75, 3.05) is 7.05 Å². The van der Waals surface area contributed by atoms with Gasteiger partial charge in [-0.3, -0.25) is 0 Å². The molecule has 0 spiro atoms. The minimum Gasteiger partial charge on any atom is -0.313 e. The molecule has 2 rings (SSSR count). The van der Waals surface area contributed by atoms with Gasteiger partial charge in [0.2, 0.25) is 0 Å². The quantitative estimate of drug-likeness (QED) is 0.794. The van der Waals surface area contributed by atoms with Gasteiger partial charge < -0.3 is 5.32 Å². The lowest BCUT2D eigenvalue weighted by Gasteiger charge is -2.11. The summed E-state index contributed by atoms with van der Waals surface area (Å²) in [5, 5.41) is 3.42. The van der Waals surface area contributed by atoms with Crippen LogP contribution in [0.15, 0.2) is 18.2 Å². The average molecular weight is 203 g/mol. The molecule has 2 atom stereocenters. The summed E-state index contributed by atoms with van der Waals surface area (Å²) < 4.78 is 0. The molecule has 1 aliphatic rings. The highest BCUT2D eigenvalue weighted by Gasteiger charge is 2.26. The Labute approximate surface area is 92.9 Å². The van der Waals surface area contributed by atoms with Crippen LogP contribution in [0, 0.1) is 0 Å². The Morgan fingerprint density at radius 1 is 1.33 bits per heavy atom. The van der Waals surface area contributed by atoms with E-state index < -0.39 is 0 Å². The van der Waals surface area contributed by atoms with Gasteiger partial charge in [-0.05, 0) is 42.5 Å². The zero-order chi connectivity index (χ0) is 10.8. The number of hydrogen-bond acceptors (Lipinski definition) is 1. The summed E-state index contributed by atoms with van der Waals surface area (Å²) in [6, 6.07) is 7.62. The Bertz CT molecular complexity index is 343. The highest BCUT2D eigenvalue weighted by Crippen LogP contribution is 2.40. The van der Waals surface area contributed by atoms with E-state index in [0.717, 1.165) is 0 Å². The van der Waals surface area contributed by atoms with Crippen LogP contribution in [0.5, 0.6) is 0 Å². The van der Waals surface area contributed by atoms with Crippen LogP contribution in [-0.4, -0.2) is 7.05 Å². The van der Waals surface area contributed by atoms with Crippen LogP contribution in [0.1, 0.15) is 55.3 Å². The van der Waals surface area contributed by atoms with E-state index in [1.807, 2.05) is 0 Å². The van der Waals surface area contributed by atoms with E-state index in [-0.39, 0.29) is 0 Å². The van der Waals surface area contributed by atoms with E-state index in [1.165, 1.54) is 30.4 Å². The fourth-order valence-corrected chi connectivity index (χ4v) is 2.70. The Morgan fingerprint density at radius 3 is 2.80 bits per heavy atom. The summed E-state index contributed by atoms with van der Waals surface area (Å²) in [5.41, 5.74) is 4.58. The molecule has 0 saturated carbocycles. The molecule has 0 aromatic heterocycles. The molecule has 1 aromatic rings. The van der Waals surface area contributed by atoms with Crippen molar-refractivity contribution < 1.29 is 0 Å². The molecule has 0 bridgehead atoms. The van der Waals surface area contributed by atoms with Crippen LogP contribution in [0.3, 0.4) is 0 Å². The minimum atomic E-state index is 0.576. The minimum absolute atomic E-state index is 0.576. The lowest BCUT2D eigenvalue weighted by atomic mass is 9.99. The predicted octanol–water partition coefficient (Wildman–Crippen LogP) is 3.41. The monoisotopic (exact) mass is 203 g/mol. The first kappa shape index (κ1) is 10.7. The van der Waals surface area contributed by atoms with Crippen molar-refractivity contribution >= 4 is 0 Å². The molecule has 0 saturated heterocycles. The molecule has 82 valence electrons. The highest BCUT2D eigenvalue weighted by molar-refractivity contribution is 5.40. The number of benzene rings is 1. The molecule has 15 heavy (non-hydrogen) atoms. The van der Waals surface area contributed by atoms with E-state index in [2.05, 4.69) is 44.4 Å². The molecule has 0 amide bonds. The van der Waals surface area contributed by atoms with Crippen LogP contribution < -0.4 is 5.32 Å². The standard InChI is InChI=1S/C14H21N/c1-4-5-11-6-7-12-10(2)8-14(15-3)13(12)9-11/h6-7,9-10,14-15H,4-5,8H2,1-3H3. The lowest BCUT2D eigenvalue weighted by molar-refractivity contribution is 0.552. The van der Waals surface area contributed by atoms with Crippen molar-refractivity contribution in [1.82, 2.24) is 5.32 Å². The first-order valence-corrected chi connectivity index (χ1v) is 6.06. The first-order valence-electron chi connectivity index (χ1n) is 6.06. The van der Waals surface area contributed by atoms with Crippen molar-refractivity contribution in [3.63, 3.8) is 0 Å². The number of aryl methyl sites for hydroxylation is 1. The Balaban J connectivity index is 2.33. The largest absolute Gasteiger partial charge is 0.313 e. The van der Waals surface area contributed by atoms with Gasteiger partial charge in [-0.2, -0.15) is 0 Å². The molecule has 2 unspecified atom stereocenters. The fourth-order valence-electron chi connectivity index (χ4n) is 2.70. The van der Waals surface area contributed by atoms with Crippen molar-refractivity contribution in [2.45, 2.75) is 45.1 Å². The van der Waals surface area contributed by atoms with E-state index in [9.17, 15) is 0 Å². The van der Waals surface area contributed by atoms with E-state index in [1.54, 1.807) is 5.56 Å². The maximum absolute atomic E-state index is 3.42. The van der Waals surface area contributed by atoms with Crippen molar-refractivity contribution in [1.29, 1.82) is 0 Å². The maximum atomic E-state index is 3.42. The number of fused-ring (bicyclic) bond motifs is 1. The van der Waals surface area contributed by atoms with Crippen LogP contribution >= 0.6 is 0 Å². The number of hydrogen-bond donors (Lipinski definition) is 1. The van der Waals surface area contributed by atoms with Crippen LogP contribution in [0.25, 0.3) is 0 Å². The third-order valence-corrected chi connectivity index (χ3v) is 3.53. The van der Waals surface area contributed by atoms with Crippen molar-refractivity contribution in [3.05, 3.63) is 34.9 Å². The zero-order valence-electron chi connectivity index (χ0n) is 10.0. The summed E-state index contributed by atoms with van der Waals surface area (Å²) in [6.07, 6.45) is 3.69. The van der Waals surface area contributed by atoms with Gasteiger partial charge in [0.25, 0.3) is 0 Å². The molecule has 0 heterocycles. The molecule has 1 heteroatoms. The highest BCUT2D eigenvalue weighted by atomic mass is 14.9. The summed E-state index contributed by atoms with van der Waals surface area (Å²) in [6.45, 7) is 4.57. The molecule has 0 fully saturated rings. The van der Waals surface area contributed by atoms with Gasteiger partial charge in [0, 0.05) is 6.04 Å². The first-order chi connectivity index (χ1) is 7.26. The molecule has 1 nitrogen and oxygen atoms in total. The second-order valence-electron chi connectivity index (χ2n) is 4.69. The summed E-state index contributed by atoms with van der Waals surface area (Å²) >= 11 is 0. The summed E-state index contributed by atoms with van der Waals surface area (Å²) in [7, 11) is 2.07. The van der Waals surface area contributed by atoms with Gasteiger partial charge >= 0.3 is 0 Å². The van der Waals surface area contributed by atoms with Crippen molar-refractivity contribution in [3.8, 4) is 0 Å². The zero-order valence-corrected chi connectivity index (χ0v) is 10.0. The Kier molecular flexibility index (Phi) is 3.11. The van der Waals surface area contributed by atoms with Gasteiger partial charge in [-0.1, -0.05) is 38.5 Å². The summed E-state index contributed by atoms with van der Waals surface area (Å²) in [4.78, 5) is 0. The average Bonchev–Trinajstić information content (AvgIpc) is 2.56. The van der Waals surface area contributed by atoms with Gasteiger partial charge in [-0.25, -0.2) is 0 Å². The lowest BCUT2D eigenvalue weighted by Crippen LogP contribution is -2.13. The van der Waals surface area contributed by atoms with Crippen LogP contribution in [0.4, 0.5) is 0 Å². The SMILES string of the molecule is CCCc1ccc2c(c1)C(NC)CC2C. The molecular formula is C14H21N. The van der Waals surface area contributed by atoms with E-state index in [0.29, 0.717) is 12.0 Å². The third-order valence-electron chi connectivity index (χ3n) is 3.53. The van der Waals surface area contributed by atoms with E-state index >= 15 is 0 Å². The Hall–Kier alpha value is -0.820. The van der Waals surface area contributed by atoms with Gasteiger partial charge in [0.1, 0.15) is 0 Å². The van der Waals surface area contributed by atoms with Gasteiger partial charge in [0.15, 0.2) is 0 Å². The number of rotatable bonds is 3. The maximum Gasteiger partial charge on any atom is 0.0326 e. The molecular weight excluding hydrogens is 182 g/mol. The van der Waals surface area contributed by atoms with Gasteiger partial charge in [-0.15, -0.1) is 0 Å².